The van der Waals surface area contributed by atoms with Crippen LogP contribution < -0.4 is 9.62 Å². The Morgan fingerprint density at radius 2 is 1.55 bits per heavy atom. The lowest BCUT2D eigenvalue weighted by atomic mass is 10.1. The molecule has 0 heterocycles. The third-order valence-corrected chi connectivity index (χ3v) is 9.28. The molecule has 0 radical (unpaired) electrons. The molecular weight excluding hydrogens is 569 g/mol. The number of hydrogen-bond acceptors (Lipinski definition) is 4. The van der Waals surface area contributed by atoms with Crippen LogP contribution in [0.2, 0.25) is 10.0 Å². The van der Waals surface area contributed by atoms with Crippen LogP contribution in [0.5, 0.6) is 0 Å². The SMILES string of the molecule is CC[C@@H](C)NC(=O)[C@H](C)N(Cc1c(Cl)cccc1Cl)C(=O)CN(c1cc(C)ccc1C)S(=O)(=O)c1ccccc1. The van der Waals surface area contributed by atoms with E-state index in [2.05, 4.69) is 5.32 Å². The lowest BCUT2D eigenvalue weighted by Gasteiger charge is -2.33. The second-order valence-corrected chi connectivity index (χ2v) is 12.5. The third-order valence-electron chi connectivity index (χ3n) is 6.80. The first-order chi connectivity index (χ1) is 18.9. The van der Waals surface area contributed by atoms with Gasteiger partial charge in [-0.05, 0) is 75.6 Å². The van der Waals surface area contributed by atoms with Crippen molar-refractivity contribution in [2.45, 2.75) is 64.6 Å². The summed E-state index contributed by atoms with van der Waals surface area (Å²) in [6.45, 7) is 8.44. The van der Waals surface area contributed by atoms with Crippen LogP contribution in [-0.4, -0.2) is 43.8 Å². The molecule has 0 aliphatic rings. The molecule has 214 valence electrons. The van der Waals surface area contributed by atoms with E-state index in [1.54, 1.807) is 56.3 Å². The van der Waals surface area contributed by atoms with Crippen molar-refractivity contribution >= 4 is 50.7 Å². The molecule has 7 nitrogen and oxygen atoms in total. The van der Waals surface area contributed by atoms with E-state index in [1.807, 2.05) is 32.9 Å². The predicted molar refractivity (Wildman–Crippen MR) is 161 cm³/mol. The molecule has 1 N–H and O–H groups in total. The number of carbonyl (C=O) groups is 2. The Morgan fingerprint density at radius 3 is 2.15 bits per heavy atom. The van der Waals surface area contributed by atoms with Gasteiger partial charge in [-0.3, -0.25) is 13.9 Å². The molecule has 40 heavy (non-hydrogen) atoms. The molecule has 3 aromatic rings. The summed E-state index contributed by atoms with van der Waals surface area (Å²) in [5.41, 5.74) is 2.36. The minimum atomic E-state index is -4.15. The van der Waals surface area contributed by atoms with Gasteiger partial charge in [-0.15, -0.1) is 0 Å². The number of nitrogens with one attached hydrogen (secondary N) is 1. The van der Waals surface area contributed by atoms with Crippen molar-refractivity contribution in [1.29, 1.82) is 0 Å². The van der Waals surface area contributed by atoms with E-state index < -0.39 is 28.5 Å². The minimum absolute atomic E-state index is 0.0481. The fraction of sp³-hybridized carbons (Fsp3) is 0.333. The zero-order valence-electron chi connectivity index (χ0n) is 23.3. The largest absolute Gasteiger partial charge is 0.352 e. The Hall–Kier alpha value is -3.07. The van der Waals surface area contributed by atoms with Crippen molar-refractivity contribution in [3.8, 4) is 0 Å². The third kappa shape index (κ3) is 7.36. The summed E-state index contributed by atoms with van der Waals surface area (Å²) in [6.07, 6.45) is 0.707. The molecule has 0 bridgehead atoms. The zero-order chi connectivity index (χ0) is 29.6. The molecule has 3 rings (SSSR count). The number of aryl methyl sites for hydroxylation is 2. The maximum Gasteiger partial charge on any atom is 0.264 e. The Balaban J connectivity index is 2.10. The monoisotopic (exact) mass is 603 g/mol. The Bertz CT molecular complexity index is 1440. The molecule has 0 aromatic heterocycles. The maximum absolute atomic E-state index is 14.1. The van der Waals surface area contributed by atoms with Gasteiger partial charge < -0.3 is 10.2 Å². The van der Waals surface area contributed by atoms with Crippen molar-refractivity contribution in [3.05, 3.63) is 93.5 Å². The van der Waals surface area contributed by atoms with Crippen LogP contribution >= 0.6 is 23.2 Å². The van der Waals surface area contributed by atoms with E-state index in [0.29, 0.717) is 33.3 Å². The van der Waals surface area contributed by atoms with Gasteiger partial charge in [-0.2, -0.15) is 0 Å². The summed E-state index contributed by atoms with van der Waals surface area (Å²) < 4.78 is 29.0. The van der Waals surface area contributed by atoms with Crippen LogP contribution in [0.15, 0.2) is 71.6 Å². The summed E-state index contributed by atoms with van der Waals surface area (Å²) >= 11 is 12.9. The van der Waals surface area contributed by atoms with Gasteiger partial charge in [0.2, 0.25) is 11.8 Å². The molecule has 10 heteroatoms. The van der Waals surface area contributed by atoms with Gasteiger partial charge in [-0.1, -0.05) is 66.5 Å². The normalized spacial score (nSPS) is 12.9. The highest BCUT2D eigenvalue weighted by Gasteiger charge is 2.34. The van der Waals surface area contributed by atoms with Crippen molar-refractivity contribution in [2.75, 3.05) is 10.8 Å². The lowest BCUT2D eigenvalue weighted by molar-refractivity contribution is -0.139. The average molecular weight is 605 g/mol. The highest BCUT2D eigenvalue weighted by molar-refractivity contribution is 7.92. The van der Waals surface area contributed by atoms with E-state index >= 15 is 0 Å². The van der Waals surface area contributed by atoms with E-state index in [0.717, 1.165) is 9.87 Å². The molecule has 0 fully saturated rings. The average Bonchev–Trinajstić information content (AvgIpc) is 2.92. The summed E-state index contributed by atoms with van der Waals surface area (Å²) in [7, 11) is -4.15. The van der Waals surface area contributed by atoms with Gasteiger partial charge in [0.1, 0.15) is 12.6 Å². The second-order valence-electron chi connectivity index (χ2n) is 9.83. The first kappa shape index (κ1) is 31.5. The fourth-order valence-corrected chi connectivity index (χ4v) is 6.13. The molecule has 0 spiro atoms. The van der Waals surface area contributed by atoms with E-state index in [4.69, 9.17) is 23.2 Å². The van der Waals surface area contributed by atoms with Crippen LogP contribution in [0.1, 0.15) is 43.9 Å². The van der Waals surface area contributed by atoms with Crippen molar-refractivity contribution in [2.24, 2.45) is 0 Å². The first-order valence-electron chi connectivity index (χ1n) is 13.0. The van der Waals surface area contributed by atoms with Gasteiger partial charge >= 0.3 is 0 Å². The van der Waals surface area contributed by atoms with E-state index in [-0.39, 0.29) is 23.4 Å². The number of hydrogen-bond donors (Lipinski definition) is 1. The molecule has 2 atom stereocenters. The smallest absolute Gasteiger partial charge is 0.264 e. The quantitative estimate of drug-likeness (QED) is 0.285. The number of anilines is 1. The lowest BCUT2D eigenvalue weighted by Crippen LogP contribution is -2.52. The Morgan fingerprint density at radius 1 is 0.925 bits per heavy atom. The van der Waals surface area contributed by atoms with Crippen LogP contribution in [0, 0.1) is 13.8 Å². The molecule has 0 saturated carbocycles. The minimum Gasteiger partial charge on any atom is -0.352 e. The molecule has 0 aliphatic carbocycles. The van der Waals surface area contributed by atoms with Gasteiger partial charge in [0.15, 0.2) is 0 Å². The number of carbonyl (C=O) groups excluding carboxylic acids is 2. The standard InChI is InChI=1S/C30H35Cl2N3O4S/c1-6-22(4)33-30(37)23(5)34(18-25-26(31)13-10-14-27(25)32)29(36)19-35(28-17-20(2)15-16-21(28)3)40(38,39)24-11-8-7-9-12-24/h7-17,22-23H,6,18-19H2,1-5H3,(H,33,37)/t22-,23+/m1/s1. The molecule has 0 aliphatic heterocycles. The topological polar surface area (TPSA) is 86.8 Å². The van der Waals surface area contributed by atoms with Crippen molar-refractivity contribution in [3.63, 3.8) is 0 Å². The van der Waals surface area contributed by atoms with Crippen LogP contribution in [0.25, 0.3) is 0 Å². The van der Waals surface area contributed by atoms with Crippen LogP contribution in [-0.2, 0) is 26.2 Å². The van der Waals surface area contributed by atoms with Gasteiger partial charge in [0, 0.05) is 28.2 Å². The van der Waals surface area contributed by atoms with Crippen LogP contribution in [0.4, 0.5) is 5.69 Å². The highest BCUT2D eigenvalue weighted by atomic mass is 35.5. The maximum atomic E-state index is 14.1. The van der Waals surface area contributed by atoms with Gasteiger partial charge in [0.25, 0.3) is 10.0 Å². The van der Waals surface area contributed by atoms with Crippen LogP contribution in [0.3, 0.4) is 0 Å². The van der Waals surface area contributed by atoms with E-state index in [1.165, 1.54) is 17.0 Å². The molecular formula is C30H35Cl2N3O4S. The number of sulfonamides is 1. The van der Waals surface area contributed by atoms with Crippen molar-refractivity contribution in [1.82, 2.24) is 10.2 Å². The second kappa shape index (κ2) is 13.5. The highest BCUT2D eigenvalue weighted by Crippen LogP contribution is 2.30. The summed E-state index contributed by atoms with van der Waals surface area (Å²) in [5, 5.41) is 3.58. The summed E-state index contributed by atoms with van der Waals surface area (Å²) in [6, 6.07) is 17.3. The zero-order valence-corrected chi connectivity index (χ0v) is 25.6. The number of amides is 2. The first-order valence-corrected chi connectivity index (χ1v) is 15.2. The number of halogens is 2. The molecule has 3 aromatic carbocycles. The summed E-state index contributed by atoms with van der Waals surface area (Å²) in [4.78, 5) is 28.6. The Labute approximate surface area is 247 Å². The van der Waals surface area contributed by atoms with E-state index in [9.17, 15) is 18.0 Å². The summed E-state index contributed by atoms with van der Waals surface area (Å²) in [5.74, 6) is -0.946. The predicted octanol–water partition coefficient (Wildman–Crippen LogP) is 6.14. The van der Waals surface area contributed by atoms with Gasteiger partial charge in [0.05, 0.1) is 10.6 Å². The number of nitrogens with zero attached hydrogens (tertiary/aromatic N) is 2. The fourth-order valence-electron chi connectivity index (χ4n) is 4.12. The number of benzene rings is 3. The molecule has 0 unspecified atom stereocenters. The number of rotatable bonds is 11. The molecule has 0 saturated heterocycles. The Kier molecular flexibility index (Phi) is 10.6. The van der Waals surface area contributed by atoms with Crippen molar-refractivity contribution < 1.29 is 18.0 Å². The van der Waals surface area contributed by atoms with Gasteiger partial charge in [-0.25, -0.2) is 8.42 Å². The molecule has 2 amide bonds.